The van der Waals surface area contributed by atoms with Crippen LogP contribution in [0.15, 0.2) is 5.38 Å². The van der Waals surface area contributed by atoms with E-state index in [-0.39, 0.29) is 11.0 Å². The molecule has 1 aliphatic heterocycles. The van der Waals surface area contributed by atoms with Gasteiger partial charge in [0.05, 0.1) is 5.92 Å². The number of amides is 2. The van der Waals surface area contributed by atoms with Gasteiger partial charge in [-0.05, 0) is 12.8 Å². The second-order valence-corrected chi connectivity index (χ2v) is 5.92. The zero-order valence-corrected chi connectivity index (χ0v) is 12.8. The summed E-state index contributed by atoms with van der Waals surface area (Å²) in [5.74, 6) is -0.828. The number of nitrogens with zero attached hydrogens (tertiary/aromatic N) is 2. The molecule has 0 aliphatic carbocycles. The summed E-state index contributed by atoms with van der Waals surface area (Å²) in [4.78, 5) is 28.8. The highest BCUT2D eigenvalue weighted by Gasteiger charge is 2.34. The number of carbonyl (C=O) groups excluding carboxylic acids is 2. The van der Waals surface area contributed by atoms with Crippen LogP contribution in [0, 0.1) is 5.92 Å². The highest BCUT2D eigenvalue weighted by molar-refractivity contribution is 7.13. The lowest BCUT2D eigenvalue weighted by molar-refractivity contribution is -0.140. The molecule has 0 aromatic carbocycles. The van der Waals surface area contributed by atoms with Gasteiger partial charge in [-0.1, -0.05) is 6.92 Å². The molecule has 5 nitrogen and oxygen atoms in total. The average Bonchev–Trinajstić information content (AvgIpc) is 2.95. The molecule has 2 rings (SSSR count). The highest BCUT2D eigenvalue weighted by Crippen LogP contribution is 2.32. The van der Waals surface area contributed by atoms with Crippen molar-refractivity contribution in [2.75, 3.05) is 18.4 Å². The molecular weight excluding hydrogens is 319 g/mol. The number of nitrogens with one attached hydrogen (secondary N) is 1. The topological polar surface area (TPSA) is 62.3 Å². The second kappa shape index (κ2) is 6.64. The van der Waals surface area contributed by atoms with Gasteiger partial charge in [-0.2, -0.15) is 13.2 Å². The molecule has 0 saturated carbocycles. The lowest BCUT2D eigenvalue weighted by Gasteiger charge is -2.31. The quantitative estimate of drug-likeness (QED) is 0.924. The minimum atomic E-state index is -4.52. The van der Waals surface area contributed by atoms with Crippen LogP contribution in [0.2, 0.25) is 0 Å². The molecular formula is C13H16F3N3O2S. The Labute approximate surface area is 129 Å². The maximum atomic E-state index is 12.5. The summed E-state index contributed by atoms with van der Waals surface area (Å²) < 4.78 is 37.4. The first-order valence-electron chi connectivity index (χ1n) is 6.92. The number of likely N-dealkylation sites (tertiary alicyclic amines) is 1. The Bertz CT molecular complexity index is 559. The summed E-state index contributed by atoms with van der Waals surface area (Å²) in [5.41, 5.74) is -1.01. The van der Waals surface area contributed by atoms with Crippen molar-refractivity contribution in [2.24, 2.45) is 5.92 Å². The van der Waals surface area contributed by atoms with Crippen molar-refractivity contribution in [1.82, 2.24) is 9.88 Å². The number of hydrogen-bond acceptors (Lipinski definition) is 4. The third kappa shape index (κ3) is 3.96. The maximum Gasteiger partial charge on any atom is 0.434 e. The van der Waals surface area contributed by atoms with Gasteiger partial charge < -0.3 is 10.2 Å². The lowest BCUT2D eigenvalue weighted by atomic mass is 9.97. The molecule has 9 heteroatoms. The number of aromatic nitrogens is 1. The Morgan fingerprint density at radius 1 is 1.50 bits per heavy atom. The minimum absolute atomic E-state index is 0.0221. The Morgan fingerprint density at radius 3 is 2.82 bits per heavy atom. The van der Waals surface area contributed by atoms with E-state index in [2.05, 4.69) is 10.3 Å². The van der Waals surface area contributed by atoms with Crippen molar-refractivity contribution in [3.8, 4) is 0 Å². The molecule has 0 radical (unpaired) electrons. The molecule has 1 aromatic heterocycles. The summed E-state index contributed by atoms with van der Waals surface area (Å²) >= 11 is 0.737. The number of anilines is 1. The molecule has 0 spiro atoms. The molecule has 2 amide bonds. The first kappa shape index (κ1) is 16.7. The fraction of sp³-hybridized carbons (Fsp3) is 0.615. The monoisotopic (exact) mass is 335 g/mol. The van der Waals surface area contributed by atoms with Gasteiger partial charge >= 0.3 is 6.18 Å². The first-order chi connectivity index (χ1) is 10.3. The van der Waals surface area contributed by atoms with Crippen LogP contribution >= 0.6 is 11.3 Å². The third-order valence-electron chi connectivity index (χ3n) is 3.47. The van der Waals surface area contributed by atoms with Crippen LogP contribution in [0.1, 0.15) is 31.9 Å². The predicted molar refractivity (Wildman–Crippen MR) is 75.3 cm³/mol. The largest absolute Gasteiger partial charge is 0.434 e. The molecule has 0 bridgehead atoms. The van der Waals surface area contributed by atoms with Gasteiger partial charge in [0.25, 0.3) is 0 Å². The molecule has 2 heterocycles. The number of carbonyl (C=O) groups is 2. The van der Waals surface area contributed by atoms with Crippen LogP contribution in [0.4, 0.5) is 18.3 Å². The lowest BCUT2D eigenvalue weighted by Crippen LogP contribution is -2.43. The summed E-state index contributed by atoms with van der Waals surface area (Å²) in [6.07, 6.45) is -2.84. The van der Waals surface area contributed by atoms with Crippen molar-refractivity contribution < 1.29 is 22.8 Å². The van der Waals surface area contributed by atoms with Gasteiger partial charge in [0.15, 0.2) is 10.8 Å². The van der Waals surface area contributed by atoms with Crippen molar-refractivity contribution in [1.29, 1.82) is 0 Å². The SMILES string of the molecule is CCC(=O)N1CCC[C@@H](C(=O)Nc2nc(C(F)(F)F)cs2)C1. The van der Waals surface area contributed by atoms with Crippen LogP contribution in [0.25, 0.3) is 0 Å². The molecule has 1 aromatic rings. The summed E-state index contributed by atoms with van der Waals surface area (Å²) in [7, 11) is 0. The number of halogens is 3. The number of rotatable bonds is 3. The standard InChI is InChI=1S/C13H16F3N3O2S/c1-2-10(20)19-5-3-4-8(6-19)11(21)18-12-17-9(7-22-12)13(14,15)16/h7-8H,2-6H2,1H3,(H,17,18,21)/t8-/m1/s1. The number of hydrogen-bond donors (Lipinski definition) is 1. The molecule has 122 valence electrons. The number of alkyl halides is 3. The van der Waals surface area contributed by atoms with E-state index in [1.54, 1.807) is 11.8 Å². The van der Waals surface area contributed by atoms with Crippen molar-refractivity contribution in [3.05, 3.63) is 11.1 Å². The predicted octanol–water partition coefficient (Wildman–Crippen LogP) is 2.75. The minimum Gasteiger partial charge on any atom is -0.342 e. The van der Waals surface area contributed by atoms with E-state index in [4.69, 9.17) is 0 Å². The fourth-order valence-electron chi connectivity index (χ4n) is 2.31. The molecule has 1 saturated heterocycles. The summed E-state index contributed by atoms with van der Waals surface area (Å²) in [6, 6.07) is 0. The number of thiazole rings is 1. The Balaban J connectivity index is 1.97. The van der Waals surface area contributed by atoms with Gasteiger partial charge in [-0.3, -0.25) is 9.59 Å². The molecule has 1 N–H and O–H groups in total. The van der Waals surface area contributed by atoms with Gasteiger partial charge in [0, 0.05) is 24.9 Å². The van der Waals surface area contributed by atoms with E-state index in [0.717, 1.165) is 16.7 Å². The van der Waals surface area contributed by atoms with Crippen LogP contribution in [0.5, 0.6) is 0 Å². The summed E-state index contributed by atoms with van der Waals surface area (Å²) in [6.45, 7) is 2.67. The van der Waals surface area contributed by atoms with Gasteiger partial charge in [-0.15, -0.1) is 11.3 Å². The molecule has 1 atom stereocenters. The average molecular weight is 335 g/mol. The zero-order valence-electron chi connectivity index (χ0n) is 11.9. The zero-order chi connectivity index (χ0) is 16.3. The van der Waals surface area contributed by atoms with Crippen LogP contribution in [0.3, 0.4) is 0 Å². The molecule has 1 aliphatic rings. The van der Waals surface area contributed by atoms with E-state index in [1.807, 2.05) is 0 Å². The van der Waals surface area contributed by atoms with E-state index in [0.29, 0.717) is 32.4 Å². The Kier molecular flexibility index (Phi) is 5.05. The Morgan fingerprint density at radius 2 is 2.23 bits per heavy atom. The third-order valence-corrected chi connectivity index (χ3v) is 4.23. The van der Waals surface area contributed by atoms with E-state index in [1.165, 1.54) is 0 Å². The number of piperidine rings is 1. The highest BCUT2D eigenvalue weighted by atomic mass is 32.1. The first-order valence-corrected chi connectivity index (χ1v) is 7.80. The molecule has 22 heavy (non-hydrogen) atoms. The van der Waals surface area contributed by atoms with Crippen LogP contribution in [-0.4, -0.2) is 34.8 Å². The van der Waals surface area contributed by atoms with E-state index < -0.39 is 23.7 Å². The fourth-order valence-corrected chi connectivity index (χ4v) is 3.03. The van der Waals surface area contributed by atoms with E-state index in [9.17, 15) is 22.8 Å². The van der Waals surface area contributed by atoms with Gasteiger partial charge in [0.1, 0.15) is 0 Å². The van der Waals surface area contributed by atoms with Crippen molar-refractivity contribution in [2.45, 2.75) is 32.4 Å². The van der Waals surface area contributed by atoms with Crippen LogP contribution in [-0.2, 0) is 15.8 Å². The van der Waals surface area contributed by atoms with Crippen LogP contribution < -0.4 is 5.32 Å². The smallest absolute Gasteiger partial charge is 0.342 e. The van der Waals surface area contributed by atoms with Crippen molar-refractivity contribution in [3.63, 3.8) is 0 Å². The molecule has 1 fully saturated rings. The normalized spacial score (nSPS) is 19.1. The maximum absolute atomic E-state index is 12.5. The Hall–Kier alpha value is -1.64. The van der Waals surface area contributed by atoms with E-state index >= 15 is 0 Å². The van der Waals surface area contributed by atoms with Gasteiger partial charge in [0.2, 0.25) is 11.8 Å². The van der Waals surface area contributed by atoms with Crippen molar-refractivity contribution >= 4 is 28.3 Å². The van der Waals surface area contributed by atoms with Gasteiger partial charge in [-0.25, -0.2) is 4.98 Å². The second-order valence-electron chi connectivity index (χ2n) is 5.06. The molecule has 0 unspecified atom stereocenters. The summed E-state index contributed by atoms with van der Waals surface area (Å²) in [5, 5.41) is 3.20.